The van der Waals surface area contributed by atoms with Gasteiger partial charge in [0.1, 0.15) is 26.7 Å². The van der Waals surface area contributed by atoms with Gasteiger partial charge in [0, 0.05) is 24.0 Å². The lowest BCUT2D eigenvalue weighted by atomic mass is 9.74. The first-order valence-electron chi connectivity index (χ1n) is 11.3. The Balaban J connectivity index is 1.42. The Morgan fingerprint density at radius 1 is 1.27 bits per heavy atom. The van der Waals surface area contributed by atoms with Gasteiger partial charge in [-0.1, -0.05) is 47.5 Å². The summed E-state index contributed by atoms with van der Waals surface area (Å²) in [6, 6.07) is 5.84. The molecular formula is C23H31Cl2N5OS2. The molecule has 1 aromatic heterocycles. The van der Waals surface area contributed by atoms with Crippen LogP contribution in [0, 0.1) is 12.3 Å². The Hall–Kier alpha value is -0.900. The summed E-state index contributed by atoms with van der Waals surface area (Å²) in [6.45, 7) is 7.42. The van der Waals surface area contributed by atoms with Crippen LogP contribution < -0.4 is 15.4 Å². The van der Waals surface area contributed by atoms with E-state index in [0.717, 1.165) is 60.2 Å². The molecule has 6 nitrogen and oxygen atoms in total. The van der Waals surface area contributed by atoms with E-state index >= 15 is 0 Å². The number of nitrogens with one attached hydrogen (secondary N) is 1. The van der Waals surface area contributed by atoms with E-state index in [0.29, 0.717) is 10.0 Å². The molecule has 0 bridgehead atoms. The van der Waals surface area contributed by atoms with Crippen molar-refractivity contribution in [1.82, 2.24) is 14.7 Å². The maximum absolute atomic E-state index is 12.6. The lowest BCUT2D eigenvalue weighted by Crippen LogP contribution is -2.53. The Kier molecular flexibility index (Phi) is 7.63. The van der Waals surface area contributed by atoms with Crippen LogP contribution in [0.3, 0.4) is 0 Å². The van der Waals surface area contributed by atoms with Crippen molar-refractivity contribution in [2.75, 3.05) is 18.0 Å². The SMILES string of the molecule is Cc1nc(N2CCC3(CCC[C@H]3N[S@](=O)C(C)(C)N)CC2)cnc1Sc1cccc(Cl)c1Cl. The normalized spacial score (nSPS) is 21.5. The van der Waals surface area contributed by atoms with E-state index in [1.54, 1.807) is 6.07 Å². The van der Waals surface area contributed by atoms with Crippen molar-refractivity contribution in [1.29, 1.82) is 0 Å². The van der Waals surface area contributed by atoms with E-state index in [9.17, 15) is 4.21 Å². The zero-order chi connectivity index (χ0) is 23.8. The first-order chi connectivity index (χ1) is 15.6. The van der Waals surface area contributed by atoms with Gasteiger partial charge in [-0.25, -0.2) is 18.9 Å². The third-order valence-corrected chi connectivity index (χ3v) is 10.3. The molecule has 3 N–H and O–H groups in total. The molecule has 2 heterocycles. The maximum atomic E-state index is 12.6. The molecule has 2 atom stereocenters. The topological polar surface area (TPSA) is 84.1 Å². The molecule has 33 heavy (non-hydrogen) atoms. The zero-order valence-electron chi connectivity index (χ0n) is 19.2. The third kappa shape index (κ3) is 5.52. The van der Waals surface area contributed by atoms with Crippen LogP contribution in [0.15, 0.2) is 34.3 Å². The molecule has 1 saturated carbocycles. The summed E-state index contributed by atoms with van der Waals surface area (Å²) in [5, 5.41) is 1.89. The van der Waals surface area contributed by atoms with Crippen molar-refractivity contribution in [3.05, 3.63) is 40.1 Å². The average molecular weight is 529 g/mol. The highest BCUT2D eigenvalue weighted by Crippen LogP contribution is 2.47. The van der Waals surface area contributed by atoms with Crippen LogP contribution in [-0.2, 0) is 11.0 Å². The molecule has 2 aliphatic rings. The molecule has 1 aliphatic carbocycles. The first-order valence-corrected chi connectivity index (χ1v) is 14.0. The van der Waals surface area contributed by atoms with Crippen LogP contribution in [0.25, 0.3) is 0 Å². The van der Waals surface area contributed by atoms with Gasteiger partial charge < -0.3 is 10.6 Å². The molecule has 0 amide bonds. The maximum Gasteiger partial charge on any atom is 0.147 e. The van der Waals surface area contributed by atoms with Crippen molar-refractivity contribution in [2.45, 2.75) is 73.7 Å². The van der Waals surface area contributed by atoms with Crippen LogP contribution >= 0.6 is 35.0 Å². The monoisotopic (exact) mass is 527 g/mol. The lowest BCUT2D eigenvalue weighted by Gasteiger charge is -2.44. The Morgan fingerprint density at radius 3 is 2.67 bits per heavy atom. The van der Waals surface area contributed by atoms with E-state index in [1.165, 1.54) is 18.2 Å². The standard InChI is InChI=1S/C23H31Cl2N5OS2/c1-15-21(32-17-7-4-6-16(24)20(17)25)27-14-19(28-15)30-12-10-23(11-13-30)9-5-8-18(23)29-33(31)22(2,3)26/h4,6-7,14,18,29H,5,8-13,26H2,1-3H3/t18-,33-/m1/s1. The summed E-state index contributed by atoms with van der Waals surface area (Å²) >= 11 is 14.0. The van der Waals surface area contributed by atoms with Crippen molar-refractivity contribution in [2.24, 2.45) is 11.1 Å². The molecule has 1 saturated heterocycles. The molecule has 2 fully saturated rings. The second-order valence-electron chi connectivity index (χ2n) is 9.56. The number of nitrogens with two attached hydrogens (primary N) is 1. The Morgan fingerprint density at radius 2 is 2.00 bits per heavy atom. The van der Waals surface area contributed by atoms with E-state index in [-0.39, 0.29) is 11.5 Å². The van der Waals surface area contributed by atoms with E-state index in [1.807, 2.05) is 39.1 Å². The highest BCUT2D eigenvalue weighted by molar-refractivity contribution is 7.99. The van der Waals surface area contributed by atoms with E-state index in [2.05, 4.69) is 14.6 Å². The number of anilines is 1. The van der Waals surface area contributed by atoms with Crippen LogP contribution in [0.4, 0.5) is 5.82 Å². The molecular weight excluding hydrogens is 497 g/mol. The predicted molar refractivity (Wildman–Crippen MR) is 138 cm³/mol. The van der Waals surface area contributed by atoms with Gasteiger partial charge in [-0.05, 0) is 64.0 Å². The lowest BCUT2D eigenvalue weighted by molar-refractivity contribution is 0.188. The molecule has 180 valence electrons. The van der Waals surface area contributed by atoms with Crippen LogP contribution in [0.1, 0.15) is 51.6 Å². The number of rotatable bonds is 6. The summed E-state index contributed by atoms with van der Waals surface area (Å²) in [7, 11) is -1.25. The molecule has 4 rings (SSSR count). The number of benzene rings is 1. The minimum atomic E-state index is -1.25. The van der Waals surface area contributed by atoms with Crippen LogP contribution in [0.5, 0.6) is 0 Å². The fourth-order valence-corrected chi connectivity index (χ4v) is 7.02. The summed E-state index contributed by atoms with van der Waals surface area (Å²) < 4.78 is 16.0. The second kappa shape index (κ2) is 9.99. The van der Waals surface area contributed by atoms with Gasteiger partial charge in [0.15, 0.2) is 0 Å². The fraction of sp³-hybridized carbons (Fsp3) is 0.565. The molecule has 0 radical (unpaired) electrons. The van der Waals surface area contributed by atoms with Crippen molar-refractivity contribution in [3.8, 4) is 0 Å². The number of aromatic nitrogens is 2. The summed E-state index contributed by atoms with van der Waals surface area (Å²) in [5.74, 6) is 0.901. The number of piperidine rings is 1. The van der Waals surface area contributed by atoms with Gasteiger partial charge in [0.25, 0.3) is 0 Å². The van der Waals surface area contributed by atoms with Crippen molar-refractivity contribution >= 4 is 51.8 Å². The summed E-state index contributed by atoms with van der Waals surface area (Å²) in [4.78, 5) is 12.0. The largest absolute Gasteiger partial charge is 0.355 e. The number of hydrogen-bond acceptors (Lipinski definition) is 6. The minimum Gasteiger partial charge on any atom is -0.355 e. The fourth-order valence-electron chi connectivity index (χ4n) is 4.76. The summed E-state index contributed by atoms with van der Waals surface area (Å²) in [5.41, 5.74) is 7.11. The number of nitrogens with zero attached hydrogens (tertiary/aromatic N) is 3. The van der Waals surface area contributed by atoms with Gasteiger partial charge in [0.05, 0.1) is 21.9 Å². The van der Waals surface area contributed by atoms with E-state index < -0.39 is 15.9 Å². The Bertz CT molecular complexity index is 1040. The quantitative estimate of drug-likeness (QED) is 0.527. The minimum absolute atomic E-state index is 0.180. The van der Waals surface area contributed by atoms with Gasteiger partial charge in [-0.3, -0.25) is 0 Å². The third-order valence-electron chi connectivity index (χ3n) is 6.73. The number of aryl methyl sites for hydroxylation is 1. The van der Waals surface area contributed by atoms with Crippen molar-refractivity contribution in [3.63, 3.8) is 0 Å². The highest BCUT2D eigenvalue weighted by Gasteiger charge is 2.46. The average Bonchev–Trinajstić information content (AvgIpc) is 3.14. The van der Waals surface area contributed by atoms with Gasteiger partial charge in [-0.15, -0.1) is 0 Å². The molecule has 10 heteroatoms. The smallest absolute Gasteiger partial charge is 0.147 e. The van der Waals surface area contributed by atoms with Crippen molar-refractivity contribution < 1.29 is 4.21 Å². The highest BCUT2D eigenvalue weighted by atomic mass is 35.5. The molecule has 0 unspecified atom stereocenters. The van der Waals surface area contributed by atoms with Gasteiger partial charge in [-0.2, -0.15) is 0 Å². The molecule has 1 spiro atoms. The number of hydrogen-bond donors (Lipinski definition) is 2. The zero-order valence-corrected chi connectivity index (χ0v) is 22.4. The Labute approximate surface area is 213 Å². The molecule has 1 aromatic carbocycles. The second-order valence-corrected chi connectivity index (χ2v) is 13.2. The molecule has 1 aliphatic heterocycles. The summed E-state index contributed by atoms with van der Waals surface area (Å²) in [6.07, 6.45) is 7.32. The van der Waals surface area contributed by atoms with Gasteiger partial charge >= 0.3 is 0 Å². The predicted octanol–water partition coefficient (Wildman–Crippen LogP) is 5.33. The van der Waals surface area contributed by atoms with E-state index in [4.69, 9.17) is 33.9 Å². The van der Waals surface area contributed by atoms with Crippen LogP contribution in [0.2, 0.25) is 10.0 Å². The number of halogens is 2. The first kappa shape index (κ1) is 25.2. The van der Waals surface area contributed by atoms with Crippen LogP contribution in [-0.4, -0.2) is 38.2 Å². The van der Waals surface area contributed by atoms with Gasteiger partial charge in [0.2, 0.25) is 0 Å². The molecule has 2 aromatic rings.